The van der Waals surface area contributed by atoms with Gasteiger partial charge in [-0.2, -0.15) is 0 Å². The minimum absolute atomic E-state index is 0.500. The molecule has 0 aromatic heterocycles. The molecule has 1 aromatic carbocycles. The lowest BCUT2D eigenvalue weighted by Gasteiger charge is -2.42. The van der Waals surface area contributed by atoms with Crippen molar-refractivity contribution in [1.29, 1.82) is 0 Å². The van der Waals surface area contributed by atoms with Gasteiger partial charge in [0.1, 0.15) is 5.75 Å². The Bertz CT molecular complexity index is 447. The van der Waals surface area contributed by atoms with Gasteiger partial charge in [0.2, 0.25) is 0 Å². The second-order valence-corrected chi connectivity index (χ2v) is 6.71. The fourth-order valence-corrected chi connectivity index (χ4v) is 4.07. The number of benzene rings is 1. The van der Waals surface area contributed by atoms with Crippen LogP contribution in [0.1, 0.15) is 37.8 Å². The average molecular weight is 259 g/mol. The van der Waals surface area contributed by atoms with E-state index in [1.54, 1.807) is 0 Å². The van der Waals surface area contributed by atoms with E-state index in [4.69, 9.17) is 0 Å². The van der Waals surface area contributed by atoms with E-state index in [-0.39, 0.29) is 0 Å². The molecule has 1 aromatic rings. The van der Waals surface area contributed by atoms with Gasteiger partial charge >= 0.3 is 0 Å². The van der Waals surface area contributed by atoms with Crippen molar-refractivity contribution in [3.05, 3.63) is 29.3 Å². The third-order valence-electron chi connectivity index (χ3n) is 4.85. The number of aromatic hydroxyl groups is 1. The molecule has 0 amide bonds. The Morgan fingerprint density at radius 3 is 2.63 bits per heavy atom. The van der Waals surface area contributed by atoms with Crippen LogP contribution in [0.15, 0.2) is 18.2 Å². The van der Waals surface area contributed by atoms with Crippen LogP contribution in [0.5, 0.6) is 5.75 Å². The van der Waals surface area contributed by atoms with Gasteiger partial charge < -0.3 is 5.11 Å². The highest BCUT2D eigenvalue weighted by Gasteiger charge is 2.30. The molecule has 0 radical (unpaired) electrons. The quantitative estimate of drug-likeness (QED) is 0.837. The van der Waals surface area contributed by atoms with Gasteiger partial charge in [-0.3, -0.25) is 4.90 Å². The van der Waals surface area contributed by atoms with Crippen LogP contribution < -0.4 is 0 Å². The topological polar surface area (TPSA) is 23.5 Å². The summed E-state index contributed by atoms with van der Waals surface area (Å²) in [6, 6.07) is 6.61. The number of fused-ring (bicyclic) bond motifs is 1. The zero-order chi connectivity index (χ0) is 13.4. The molecule has 0 spiro atoms. The highest BCUT2D eigenvalue weighted by atomic mass is 16.3. The number of hydrogen-bond acceptors (Lipinski definition) is 2. The Kier molecular flexibility index (Phi) is 3.53. The molecule has 1 aliphatic carbocycles. The normalized spacial score (nSPS) is 32.0. The summed E-state index contributed by atoms with van der Waals surface area (Å²) in [5.74, 6) is 2.13. The summed E-state index contributed by atoms with van der Waals surface area (Å²) < 4.78 is 0. The summed E-state index contributed by atoms with van der Waals surface area (Å²) in [6.45, 7) is 7.21. The van der Waals surface area contributed by atoms with E-state index in [9.17, 15) is 5.11 Å². The van der Waals surface area contributed by atoms with Crippen LogP contribution in [0.25, 0.3) is 0 Å². The van der Waals surface area contributed by atoms with Crippen LogP contribution in [0.3, 0.4) is 0 Å². The largest absolute Gasteiger partial charge is 0.508 e. The predicted octanol–water partition coefficient (Wildman–Crippen LogP) is 3.23. The highest BCUT2D eigenvalue weighted by molar-refractivity contribution is 5.41. The third kappa shape index (κ3) is 2.64. The first kappa shape index (κ1) is 13.0. The van der Waals surface area contributed by atoms with E-state index < -0.39 is 0 Å². The van der Waals surface area contributed by atoms with Crippen molar-refractivity contribution >= 4 is 0 Å². The van der Waals surface area contributed by atoms with Crippen molar-refractivity contribution in [2.24, 2.45) is 11.8 Å². The molecule has 2 heteroatoms. The molecule has 1 N–H and O–H groups in total. The number of rotatable bonds is 1. The highest BCUT2D eigenvalue weighted by Crippen LogP contribution is 2.33. The Morgan fingerprint density at radius 1 is 1.16 bits per heavy atom. The van der Waals surface area contributed by atoms with Gasteiger partial charge in [-0.05, 0) is 54.7 Å². The summed E-state index contributed by atoms with van der Waals surface area (Å²) in [6.07, 6.45) is 4.76. The smallest absolute Gasteiger partial charge is 0.119 e. The minimum atomic E-state index is 0.500. The Hall–Kier alpha value is -1.02. The average Bonchev–Trinajstić information content (AvgIpc) is 2.38. The lowest BCUT2D eigenvalue weighted by molar-refractivity contribution is 0.0875. The lowest BCUT2D eigenvalue weighted by atomic mass is 9.84. The van der Waals surface area contributed by atoms with E-state index in [1.165, 1.54) is 37.1 Å². The first-order valence-electron chi connectivity index (χ1n) is 7.67. The lowest BCUT2D eigenvalue weighted by Crippen LogP contribution is -2.47. The van der Waals surface area contributed by atoms with Gasteiger partial charge in [-0.1, -0.05) is 26.0 Å². The van der Waals surface area contributed by atoms with E-state index in [0.717, 1.165) is 24.7 Å². The molecule has 1 saturated heterocycles. The Balaban J connectivity index is 1.76. The molecule has 3 atom stereocenters. The molecule has 3 rings (SSSR count). The first-order chi connectivity index (χ1) is 9.13. The van der Waals surface area contributed by atoms with E-state index in [0.29, 0.717) is 11.8 Å². The zero-order valence-corrected chi connectivity index (χ0v) is 12.1. The van der Waals surface area contributed by atoms with Crippen molar-refractivity contribution in [3.8, 4) is 5.75 Å². The predicted molar refractivity (Wildman–Crippen MR) is 78.4 cm³/mol. The summed E-state index contributed by atoms with van der Waals surface area (Å²) >= 11 is 0. The molecular weight excluding hydrogens is 234 g/mol. The van der Waals surface area contributed by atoms with Crippen LogP contribution in [-0.2, 0) is 12.8 Å². The molecule has 104 valence electrons. The second kappa shape index (κ2) is 5.16. The van der Waals surface area contributed by atoms with Crippen LogP contribution in [0.4, 0.5) is 0 Å². The fourth-order valence-electron chi connectivity index (χ4n) is 4.07. The van der Waals surface area contributed by atoms with Gasteiger partial charge in [0, 0.05) is 19.1 Å². The van der Waals surface area contributed by atoms with Gasteiger partial charge in [0.25, 0.3) is 0 Å². The van der Waals surface area contributed by atoms with Crippen LogP contribution in [-0.4, -0.2) is 29.1 Å². The number of phenols is 1. The summed E-state index contributed by atoms with van der Waals surface area (Å²) in [7, 11) is 0. The maximum Gasteiger partial charge on any atom is 0.119 e. The van der Waals surface area contributed by atoms with Crippen molar-refractivity contribution < 1.29 is 5.11 Å². The molecule has 1 unspecified atom stereocenters. The van der Waals surface area contributed by atoms with Crippen molar-refractivity contribution in [2.75, 3.05) is 13.1 Å². The van der Waals surface area contributed by atoms with Gasteiger partial charge in [-0.15, -0.1) is 0 Å². The van der Waals surface area contributed by atoms with E-state index >= 15 is 0 Å². The molecule has 0 bridgehead atoms. The summed E-state index contributed by atoms with van der Waals surface area (Å²) in [4.78, 5) is 2.67. The second-order valence-electron chi connectivity index (χ2n) is 6.71. The molecule has 1 heterocycles. The monoisotopic (exact) mass is 259 g/mol. The number of phenolic OH excluding ortho intramolecular Hbond substituents is 1. The van der Waals surface area contributed by atoms with E-state index in [1.807, 2.05) is 12.1 Å². The van der Waals surface area contributed by atoms with Gasteiger partial charge in [-0.25, -0.2) is 0 Å². The first-order valence-corrected chi connectivity index (χ1v) is 7.67. The number of aryl methyl sites for hydroxylation is 1. The van der Waals surface area contributed by atoms with Crippen molar-refractivity contribution in [3.63, 3.8) is 0 Å². The van der Waals surface area contributed by atoms with Gasteiger partial charge in [0.05, 0.1) is 0 Å². The van der Waals surface area contributed by atoms with Gasteiger partial charge in [0.15, 0.2) is 0 Å². The molecule has 19 heavy (non-hydrogen) atoms. The van der Waals surface area contributed by atoms with Crippen molar-refractivity contribution in [2.45, 2.75) is 45.6 Å². The number of piperidine rings is 1. The Morgan fingerprint density at radius 2 is 1.89 bits per heavy atom. The number of likely N-dealkylation sites (tertiary alicyclic amines) is 1. The molecule has 2 nitrogen and oxygen atoms in total. The summed E-state index contributed by atoms with van der Waals surface area (Å²) in [5.41, 5.74) is 2.55. The number of hydrogen-bond donors (Lipinski definition) is 1. The molecule has 1 aliphatic heterocycles. The maximum atomic E-state index is 10.1. The number of nitrogens with zero attached hydrogens (tertiary/aromatic N) is 1. The Labute approximate surface area is 116 Å². The van der Waals surface area contributed by atoms with Crippen LogP contribution >= 0.6 is 0 Å². The third-order valence-corrected chi connectivity index (χ3v) is 4.85. The zero-order valence-electron chi connectivity index (χ0n) is 12.1. The maximum absolute atomic E-state index is 10.1. The molecule has 1 fully saturated rings. The minimum Gasteiger partial charge on any atom is -0.508 e. The van der Waals surface area contributed by atoms with Crippen LogP contribution in [0, 0.1) is 11.8 Å². The standard InChI is InChI=1S/C17H25NO/c1-12-8-13(2)11-18(10-12)15-7-6-14-4-3-5-17(19)16(14)9-15/h3-5,12-13,15,19H,6-11H2,1-2H3/t12-,13+,15?. The molecular formula is C17H25NO. The van der Waals surface area contributed by atoms with Crippen LogP contribution in [0.2, 0.25) is 0 Å². The fraction of sp³-hybridized carbons (Fsp3) is 0.647. The SMILES string of the molecule is C[C@@H]1C[C@H](C)CN(C2CCc3cccc(O)c3C2)C1. The molecule has 0 saturated carbocycles. The van der Waals surface area contributed by atoms with Crippen molar-refractivity contribution in [1.82, 2.24) is 4.90 Å². The van der Waals surface area contributed by atoms with E-state index in [2.05, 4.69) is 24.8 Å². The molecule has 2 aliphatic rings. The summed E-state index contributed by atoms with van der Waals surface area (Å²) in [5, 5.41) is 10.1.